The van der Waals surface area contributed by atoms with Crippen molar-refractivity contribution >= 4 is 29.6 Å². The molecular formula is C17H22N6OS. The summed E-state index contributed by atoms with van der Waals surface area (Å²) >= 11 is 1.63. The monoisotopic (exact) mass is 358 g/mol. The summed E-state index contributed by atoms with van der Waals surface area (Å²) in [5.74, 6) is 1.74. The Morgan fingerprint density at radius 2 is 1.88 bits per heavy atom. The van der Waals surface area contributed by atoms with Gasteiger partial charge in [0.25, 0.3) is 0 Å². The van der Waals surface area contributed by atoms with Gasteiger partial charge in [-0.05, 0) is 19.5 Å². The van der Waals surface area contributed by atoms with Crippen molar-refractivity contribution in [3.8, 4) is 0 Å². The number of hydrogen-bond donors (Lipinski definition) is 1. The molecule has 3 heterocycles. The molecule has 1 atom stereocenters. The molecule has 0 aliphatic carbocycles. The standard InChI is InChI=1S/C17H22N6OS/c1-12-3-5-13(6-4-12)15-23(14(24)11-25-15)17-18-16(19-20-17)22-9-7-21(2)8-10-22/h3-6,15H,7-11H2,1-2H3,(H,18,19,20)/t15-/m1/s1. The Morgan fingerprint density at radius 3 is 2.60 bits per heavy atom. The second-order valence-electron chi connectivity index (χ2n) is 6.59. The summed E-state index contributed by atoms with van der Waals surface area (Å²) in [5, 5.41) is 7.27. The summed E-state index contributed by atoms with van der Waals surface area (Å²) in [6.45, 7) is 5.85. The van der Waals surface area contributed by atoms with E-state index in [1.165, 1.54) is 5.56 Å². The Hall–Kier alpha value is -2.06. The lowest BCUT2D eigenvalue weighted by molar-refractivity contribution is -0.115. The maximum Gasteiger partial charge on any atom is 0.246 e. The van der Waals surface area contributed by atoms with Crippen molar-refractivity contribution in [3.63, 3.8) is 0 Å². The van der Waals surface area contributed by atoms with Crippen LogP contribution >= 0.6 is 11.8 Å². The molecule has 0 saturated carbocycles. The van der Waals surface area contributed by atoms with E-state index in [4.69, 9.17) is 0 Å². The number of aromatic nitrogens is 3. The van der Waals surface area contributed by atoms with Crippen LogP contribution in [0, 0.1) is 6.92 Å². The molecule has 2 fully saturated rings. The number of rotatable bonds is 3. The fraction of sp³-hybridized carbons (Fsp3) is 0.471. The lowest BCUT2D eigenvalue weighted by atomic mass is 10.1. The van der Waals surface area contributed by atoms with E-state index in [1.54, 1.807) is 16.7 Å². The fourth-order valence-corrected chi connectivity index (χ4v) is 4.29. The molecule has 2 aliphatic heterocycles. The number of H-pyrrole nitrogens is 1. The molecule has 1 N–H and O–H groups in total. The van der Waals surface area contributed by atoms with Gasteiger partial charge in [0.1, 0.15) is 5.37 Å². The van der Waals surface area contributed by atoms with Crippen LogP contribution in [0.3, 0.4) is 0 Å². The number of aromatic amines is 1. The minimum atomic E-state index is -0.0543. The quantitative estimate of drug-likeness (QED) is 0.900. The smallest absolute Gasteiger partial charge is 0.246 e. The molecular weight excluding hydrogens is 336 g/mol. The number of nitrogens with zero attached hydrogens (tertiary/aromatic N) is 5. The zero-order valence-electron chi connectivity index (χ0n) is 14.5. The van der Waals surface area contributed by atoms with E-state index >= 15 is 0 Å². The van der Waals surface area contributed by atoms with E-state index < -0.39 is 0 Å². The van der Waals surface area contributed by atoms with Crippen LogP contribution in [-0.4, -0.2) is 65.0 Å². The van der Waals surface area contributed by atoms with E-state index in [2.05, 4.69) is 63.2 Å². The van der Waals surface area contributed by atoms with Crippen molar-refractivity contribution < 1.29 is 4.79 Å². The van der Waals surface area contributed by atoms with Gasteiger partial charge in [0.2, 0.25) is 17.8 Å². The summed E-state index contributed by atoms with van der Waals surface area (Å²) in [6.07, 6.45) is 0. The van der Waals surface area contributed by atoms with E-state index in [-0.39, 0.29) is 11.3 Å². The summed E-state index contributed by atoms with van der Waals surface area (Å²) in [7, 11) is 2.12. The van der Waals surface area contributed by atoms with Crippen molar-refractivity contribution in [2.75, 3.05) is 48.8 Å². The highest BCUT2D eigenvalue weighted by Crippen LogP contribution is 2.40. The van der Waals surface area contributed by atoms with Gasteiger partial charge in [-0.2, -0.15) is 4.98 Å². The number of thioether (sulfide) groups is 1. The van der Waals surface area contributed by atoms with Crippen molar-refractivity contribution in [2.45, 2.75) is 12.3 Å². The fourth-order valence-electron chi connectivity index (χ4n) is 3.13. The Balaban J connectivity index is 1.57. The van der Waals surface area contributed by atoms with Gasteiger partial charge < -0.3 is 9.80 Å². The average Bonchev–Trinajstić information content (AvgIpc) is 3.23. The molecule has 0 spiro atoms. The molecule has 2 aliphatic rings. The number of nitrogens with one attached hydrogen (secondary N) is 1. The van der Waals surface area contributed by atoms with Crippen LogP contribution in [0.5, 0.6) is 0 Å². The summed E-state index contributed by atoms with van der Waals surface area (Å²) in [4.78, 5) is 23.3. The molecule has 8 heteroatoms. The van der Waals surface area contributed by atoms with Gasteiger partial charge in [-0.1, -0.05) is 29.8 Å². The third-order valence-electron chi connectivity index (χ3n) is 4.71. The molecule has 25 heavy (non-hydrogen) atoms. The van der Waals surface area contributed by atoms with Gasteiger partial charge >= 0.3 is 0 Å². The number of piperazine rings is 1. The summed E-state index contributed by atoms with van der Waals surface area (Å²) in [6, 6.07) is 8.31. The highest BCUT2D eigenvalue weighted by Gasteiger charge is 2.36. The first-order valence-electron chi connectivity index (χ1n) is 8.48. The van der Waals surface area contributed by atoms with Crippen LogP contribution < -0.4 is 9.80 Å². The zero-order chi connectivity index (χ0) is 17.4. The lowest BCUT2D eigenvalue weighted by Gasteiger charge is -2.31. The molecule has 0 unspecified atom stereocenters. The first-order valence-corrected chi connectivity index (χ1v) is 9.53. The normalized spacial score (nSPS) is 22.0. The Labute approximate surface area is 151 Å². The second kappa shape index (κ2) is 6.68. The topological polar surface area (TPSA) is 68.4 Å². The number of likely N-dealkylation sites (N-methyl/N-ethyl adjacent to an activating group) is 1. The lowest BCUT2D eigenvalue weighted by Crippen LogP contribution is -2.45. The molecule has 0 radical (unpaired) electrons. The second-order valence-corrected chi connectivity index (χ2v) is 7.66. The molecule has 2 aromatic rings. The van der Waals surface area contributed by atoms with Crippen LogP contribution in [0.4, 0.5) is 11.9 Å². The molecule has 0 bridgehead atoms. The van der Waals surface area contributed by atoms with E-state index in [9.17, 15) is 4.79 Å². The SMILES string of the molecule is Cc1ccc([C@H]2SCC(=O)N2c2nc(N3CCN(C)CC3)n[nH]2)cc1. The molecule has 4 rings (SSSR count). The van der Waals surface area contributed by atoms with Gasteiger partial charge in [0, 0.05) is 26.2 Å². The Morgan fingerprint density at radius 1 is 1.16 bits per heavy atom. The highest BCUT2D eigenvalue weighted by molar-refractivity contribution is 8.00. The number of hydrogen-bond acceptors (Lipinski definition) is 6. The highest BCUT2D eigenvalue weighted by atomic mass is 32.2. The van der Waals surface area contributed by atoms with Gasteiger partial charge in [-0.15, -0.1) is 16.9 Å². The zero-order valence-corrected chi connectivity index (χ0v) is 15.3. The molecule has 132 valence electrons. The van der Waals surface area contributed by atoms with Crippen molar-refractivity contribution in [2.24, 2.45) is 0 Å². The maximum atomic E-state index is 12.5. The number of anilines is 2. The van der Waals surface area contributed by atoms with Gasteiger partial charge in [0.05, 0.1) is 5.75 Å². The number of carbonyl (C=O) groups excluding carboxylic acids is 1. The molecule has 1 aromatic carbocycles. The predicted molar refractivity (Wildman–Crippen MR) is 100.0 cm³/mol. The van der Waals surface area contributed by atoms with Crippen molar-refractivity contribution in [1.29, 1.82) is 0 Å². The van der Waals surface area contributed by atoms with E-state index in [1.807, 2.05) is 0 Å². The maximum absolute atomic E-state index is 12.5. The van der Waals surface area contributed by atoms with Crippen molar-refractivity contribution in [3.05, 3.63) is 35.4 Å². The molecule has 1 aromatic heterocycles. The molecule has 7 nitrogen and oxygen atoms in total. The number of carbonyl (C=O) groups is 1. The van der Waals surface area contributed by atoms with Crippen LogP contribution in [0.15, 0.2) is 24.3 Å². The predicted octanol–water partition coefficient (Wildman–Crippen LogP) is 1.64. The van der Waals surface area contributed by atoms with Crippen LogP contribution in [0.1, 0.15) is 16.5 Å². The number of aryl methyl sites for hydroxylation is 1. The first-order chi connectivity index (χ1) is 12.1. The third-order valence-corrected chi connectivity index (χ3v) is 5.92. The Bertz CT molecular complexity index is 753. The Kier molecular flexibility index (Phi) is 4.39. The number of amides is 1. The van der Waals surface area contributed by atoms with Crippen molar-refractivity contribution in [1.82, 2.24) is 20.1 Å². The largest absolute Gasteiger partial charge is 0.337 e. The van der Waals surface area contributed by atoms with Crippen LogP contribution in [0.25, 0.3) is 0 Å². The average molecular weight is 358 g/mol. The summed E-state index contributed by atoms with van der Waals surface area (Å²) in [5.41, 5.74) is 2.32. The first kappa shape index (κ1) is 16.4. The minimum Gasteiger partial charge on any atom is -0.337 e. The third kappa shape index (κ3) is 3.23. The number of benzene rings is 1. The summed E-state index contributed by atoms with van der Waals surface area (Å²) < 4.78 is 0. The van der Waals surface area contributed by atoms with E-state index in [0.29, 0.717) is 17.6 Å². The molecule has 2 saturated heterocycles. The van der Waals surface area contributed by atoms with Gasteiger partial charge in [0.15, 0.2) is 0 Å². The van der Waals surface area contributed by atoms with Crippen LogP contribution in [0.2, 0.25) is 0 Å². The minimum absolute atomic E-state index is 0.0543. The van der Waals surface area contributed by atoms with Gasteiger partial charge in [-0.3, -0.25) is 9.69 Å². The van der Waals surface area contributed by atoms with Gasteiger partial charge in [-0.25, -0.2) is 5.10 Å². The van der Waals surface area contributed by atoms with E-state index in [0.717, 1.165) is 31.7 Å². The molecule has 1 amide bonds. The van der Waals surface area contributed by atoms with Crippen LogP contribution in [-0.2, 0) is 4.79 Å².